The van der Waals surface area contributed by atoms with Gasteiger partial charge in [0.05, 0.1) is 19.0 Å². The number of carbonyl (C=O) groups excluding carboxylic acids is 1. The lowest BCUT2D eigenvalue weighted by atomic mass is 10.3. The van der Waals surface area contributed by atoms with E-state index in [9.17, 15) is 4.79 Å². The standard InChI is InChI=1S/C12H20N2O3/c1-5-11(12(15)16-6-2)17-10-7-13-14(8-10)9(3)4/h7-9,11H,5-6H2,1-4H3. The lowest BCUT2D eigenvalue weighted by molar-refractivity contribution is -0.151. The summed E-state index contributed by atoms with van der Waals surface area (Å²) in [5.74, 6) is 0.269. The average Bonchev–Trinajstić information content (AvgIpc) is 2.74. The molecule has 1 unspecified atom stereocenters. The highest BCUT2D eigenvalue weighted by Gasteiger charge is 2.20. The second-order valence-electron chi connectivity index (χ2n) is 4.02. The molecule has 0 fully saturated rings. The molecule has 1 rings (SSSR count). The minimum Gasteiger partial charge on any atom is -0.475 e. The predicted molar refractivity (Wildman–Crippen MR) is 64.0 cm³/mol. The van der Waals surface area contributed by atoms with Gasteiger partial charge in [0.15, 0.2) is 11.9 Å². The first-order valence-electron chi connectivity index (χ1n) is 5.95. The van der Waals surface area contributed by atoms with E-state index in [0.29, 0.717) is 18.8 Å². The molecule has 0 amide bonds. The average molecular weight is 240 g/mol. The van der Waals surface area contributed by atoms with Crippen LogP contribution >= 0.6 is 0 Å². The molecule has 0 aromatic carbocycles. The van der Waals surface area contributed by atoms with Gasteiger partial charge in [-0.3, -0.25) is 4.68 Å². The third-order valence-electron chi connectivity index (χ3n) is 2.31. The molecule has 0 saturated carbocycles. The van der Waals surface area contributed by atoms with Crippen LogP contribution in [0.4, 0.5) is 0 Å². The van der Waals surface area contributed by atoms with Crippen LogP contribution in [0.1, 0.15) is 40.2 Å². The maximum absolute atomic E-state index is 11.5. The molecule has 0 radical (unpaired) electrons. The summed E-state index contributed by atoms with van der Waals surface area (Å²) in [6.07, 6.45) is 3.42. The van der Waals surface area contributed by atoms with Gasteiger partial charge in [-0.25, -0.2) is 4.79 Å². The van der Waals surface area contributed by atoms with Crippen LogP contribution in [0.15, 0.2) is 12.4 Å². The minimum absolute atomic E-state index is 0.273. The van der Waals surface area contributed by atoms with Crippen molar-refractivity contribution in [3.8, 4) is 5.75 Å². The smallest absolute Gasteiger partial charge is 0.347 e. The van der Waals surface area contributed by atoms with E-state index in [1.807, 2.05) is 20.8 Å². The first kappa shape index (κ1) is 13.5. The molecule has 0 aliphatic heterocycles. The van der Waals surface area contributed by atoms with Crippen molar-refractivity contribution >= 4 is 5.97 Å². The number of rotatable bonds is 6. The number of nitrogens with zero attached hydrogens (tertiary/aromatic N) is 2. The Kier molecular flexibility index (Phi) is 5.00. The summed E-state index contributed by atoms with van der Waals surface area (Å²) in [6.45, 7) is 8.08. The highest BCUT2D eigenvalue weighted by Crippen LogP contribution is 2.15. The van der Waals surface area contributed by atoms with Gasteiger partial charge in [-0.15, -0.1) is 0 Å². The molecule has 96 valence electrons. The summed E-state index contributed by atoms with van der Waals surface area (Å²) < 4.78 is 12.3. The van der Waals surface area contributed by atoms with Crippen LogP contribution in [0.3, 0.4) is 0 Å². The lowest BCUT2D eigenvalue weighted by Gasteiger charge is -2.14. The third kappa shape index (κ3) is 3.76. The van der Waals surface area contributed by atoms with Gasteiger partial charge in [-0.1, -0.05) is 6.92 Å². The molecule has 0 bridgehead atoms. The number of aromatic nitrogens is 2. The Labute approximate surface area is 102 Å². The minimum atomic E-state index is -0.556. The predicted octanol–water partition coefficient (Wildman–Crippen LogP) is 2.18. The summed E-state index contributed by atoms with van der Waals surface area (Å²) in [5.41, 5.74) is 0. The van der Waals surface area contributed by atoms with Crippen molar-refractivity contribution in [3.05, 3.63) is 12.4 Å². The molecule has 1 atom stereocenters. The van der Waals surface area contributed by atoms with Crippen LogP contribution < -0.4 is 4.74 Å². The van der Waals surface area contributed by atoms with Crippen LogP contribution in [0.25, 0.3) is 0 Å². The first-order chi connectivity index (χ1) is 8.08. The summed E-state index contributed by atoms with van der Waals surface area (Å²) in [7, 11) is 0. The molecule has 17 heavy (non-hydrogen) atoms. The van der Waals surface area contributed by atoms with Gasteiger partial charge < -0.3 is 9.47 Å². The first-order valence-corrected chi connectivity index (χ1v) is 5.95. The molecule has 0 aliphatic rings. The van der Waals surface area contributed by atoms with Gasteiger partial charge >= 0.3 is 5.97 Å². The van der Waals surface area contributed by atoms with Gasteiger partial charge in [0.2, 0.25) is 0 Å². The topological polar surface area (TPSA) is 53.4 Å². The quantitative estimate of drug-likeness (QED) is 0.715. The van der Waals surface area contributed by atoms with Crippen molar-refractivity contribution in [1.82, 2.24) is 9.78 Å². The molecule has 0 N–H and O–H groups in total. The van der Waals surface area contributed by atoms with Gasteiger partial charge in [0, 0.05) is 6.04 Å². The second kappa shape index (κ2) is 6.27. The van der Waals surface area contributed by atoms with Crippen molar-refractivity contribution in [2.45, 2.75) is 46.3 Å². The second-order valence-corrected chi connectivity index (χ2v) is 4.02. The van der Waals surface area contributed by atoms with E-state index in [1.54, 1.807) is 24.0 Å². The molecule has 0 aliphatic carbocycles. The zero-order valence-electron chi connectivity index (χ0n) is 10.8. The van der Waals surface area contributed by atoms with Crippen LogP contribution in [-0.2, 0) is 9.53 Å². The van der Waals surface area contributed by atoms with Gasteiger partial charge in [0.25, 0.3) is 0 Å². The van der Waals surface area contributed by atoms with Crippen molar-refractivity contribution in [1.29, 1.82) is 0 Å². The fourth-order valence-electron chi connectivity index (χ4n) is 1.36. The number of ether oxygens (including phenoxy) is 2. The van der Waals surface area contributed by atoms with E-state index in [4.69, 9.17) is 9.47 Å². The molecule has 0 spiro atoms. The zero-order valence-corrected chi connectivity index (χ0v) is 10.8. The van der Waals surface area contributed by atoms with Crippen LogP contribution in [0.2, 0.25) is 0 Å². The Hall–Kier alpha value is -1.52. The highest BCUT2D eigenvalue weighted by atomic mass is 16.6. The molecule has 0 saturated heterocycles. The van der Waals surface area contributed by atoms with E-state index >= 15 is 0 Å². The fourth-order valence-corrected chi connectivity index (χ4v) is 1.36. The normalized spacial score (nSPS) is 12.5. The highest BCUT2D eigenvalue weighted by molar-refractivity contribution is 5.75. The van der Waals surface area contributed by atoms with Gasteiger partial charge in [0.1, 0.15) is 0 Å². The van der Waals surface area contributed by atoms with Gasteiger partial charge in [-0.2, -0.15) is 5.10 Å². The third-order valence-corrected chi connectivity index (χ3v) is 2.31. The zero-order chi connectivity index (χ0) is 12.8. The largest absolute Gasteiger partial charge is 0.475 e. The summed E-state index contributed by atoms with van der Waals surface area (Å²) >= 11 is 0. The lowest BCUT2D eigenvalue weighted by Crippen LogP contribution is -2.28. The Morgan fingerprint density at radius 1 is 1.47 bits per heavy atom. The Morgan fingerprint density at radius 3 is 2.65 bits per heavy atom. The summed E-state index contributed by atoms with van der Waals surface area (Å²) in [5, 5.41) is 4.15. The summed E-state index contributed by atoms with van der Waals surface area (Å²) in [6, 6.07) is 0.273. The number of carbonyl (C=O) groups is 1. The molecule has 5 nitrogen and oxygen atoms in total. The van der Waals surface area contributed by atoms with E-state index in [-0.39, 0.29) is 12.0 Å². The number of esters is 1. The van der Waals surface area contributed by atoms with E-state index in [0.717, 1.165) is 0 Å². The van der Waals surface area contributed by atoms with E-state index in [1.165, 1.54) is 0 Å². The molecule has 1 heterocycles. The monoisotopic (exact) mass is 240 g/mol. The maximum atomic E-state index is 11.5. The van der Waals surface area contributed by atoms with Crippen molar-refractivity contribution in [3.63, 3.8) is 0 Å². The molecular formula is C12H20N2O3. The SMILES string of the molecule is CCOC(=O)C(CC)Oc1cnn(C(C)C)c1. The molecule has 1 aromatic heterocycles. The molecule has 5 heteroatoms. The van der Waals surface area contributed by atoms with Crippen molar-refractivity contribution < 1.29 is 14.3 Å². The summed E-state index contributed by atoms with van der Waals surface area (Å²) in [4.78, 5) is 11.5. The van der Waals surface area contributed by atoms with Crippen molar-refractivity contribution in [2.24, 2.45) is 0 Å². The Balaban J connectivity index is 2.63. The molecule has 1 aromatic rings. The fraction of sp³-hybridized carbons (Fsp3) is 0.667. The van der Waals surface area contributed by atoms with Crippen LogP contribution in [0, 0.1) is 0 Å². The Morgan fingerprint density at radius 2 is 2.18 bits per heavy atom. The van der Waals surface area contributed by atoms with E-state index in [2.05, 4.69) is 5.10 Å². The van der Waals surface area contributed by atoms with Crippen molar-refractivity contribution in [2.75, 3.05) is 6.61 Å². The molecular weight excluding hydrogens is 220 g/mol. The number of hydrogen-bond acceptors (Lipinski definition) is 4. The van der Waals surface area contributed by atoms with Gasteiger partial charge in [-0.05, 0) is 27.2 Å². The Bertz CT molecular complexity index is 360. The maximum Gasteiger partial charge on any atom is 0.347 e. The van der Waals surface area contributed by atoms with Crippen LogP contribution in [-0.4, -0.2) is 28.5 Å². The van der Waals surface area contributed by atoms with E-state index < -0.39 is 6.10 Å². The number of hydrogen-bond donors (Lipinski definition) is 0. The van der Waals surface area contributed by atoms with Crippen LogP contribution in [0.5, 0.6) is 5.75 Å².